The second-order valence-electron chi connectivity index (χ2n) is 8.40. The molecule has 3 aromatic rings. The Morgan fingerprint density at radius 3 is 1.97 bits per heavy atom. The van der Waals surface area contributed by atoms with E-state index in [1.807, 2.05) is 6.92 Å². The van der Waals surface area contributed by atoms with Gasteiger partial charge in [-0.15, -0.1) is 23.5 Å². The summed E-state index contributed by atoms with van der Waals surface area (Å²) < 4.78 is 123. The standard InChI is InChI=1S/C26H20F8O2S2/c1-2-35-10-13-11-37-25(38-12-13)15-7-19(28)23(20(29)8-15)26(33,34)36-16-3-4-17(18(27)9-16)14-5-21(30)24(32)22(31)6-14/h3-9,13,25H,2,10-12H2,1H3. The molecule has 3 aromatic carbocycles. The van der Waals surface area contributed by atoms with Gasteiger partial charge in [0.15, 0.2) is 17.5 Å². The van der Waals surface area contributed by atoms with Gasteiger partial charge in [0.25, 0.3) is 0 Å². The Hall–Kier alpha value is -2.44. The van der Waals surface area contributed by atoms with Crippen molar-refractivity contribution in [2.45, 2.75) is 17.6 Å². The number of rotatable bonds is 8. The monoisotopic (exact) mass is 580 g/mol. The molecule has 1 aliphatic rings. The Morgan fingerprint density at radius 1 is 0.816 bits per heavy atom. The molecule has 2 nitrogen and oxygen atoms in total. The minimum absolute atomic E-state index is 0.193. The van der Waals surface area contributed by atoms with Crippen molar-refractivity contribution >= 4 is 23.5 Å². The van der Waals surface area contributed by atoms with Crippen LogP contribution in [0.4, 0.5) is 35.1 Å². The van der Waals surface area contributed by atoms with Gasteiger partial charge < -0.3 is 9.47 Å². The molecule has 0 N–H and O–H groups in total. The topological polar surface area (TPSA) is 18.5 Å². The first-order chi connectivity index (χ1) is 18.0. The molecule has 0 bridgehead atoms. The predicted molar refractivity (Wildman–Crippen MR) is 130 cm³/mol. The Labute approximate surface area is 221 Å². The zero-order chi connectivity index (χ0) is 27.6. The average molecular weight is 581 g/mol. The molecular weight excluding hydrogens is 560 g/mol. The fourth-order valence-corrected chi connectivity index (χ4v) is 6.81. The normalized spacial score (nSPS) is 18.0. The van der Waals surface area contributed by atoms with E-state index in [2.05, 4.69) is 4.74 Å². The van der Waals surface area contributed by atoms with Crippen molar-refractivity contribution in [1.82, 2.24) is 0 Å². The maximum Gasteiger partial charge on any atom is 0.432 e. The van der Waals surface area contributed by atoms with E-state index in [9.17, 15) is 35.1 Å². The molecule has 0 saturated carbocycles. The van der Waals surface area contributed by atoms with Gasteiger partial charge in [0.05, 0.1) is 11.2 Å². The van der Waals surface area contributed by atoms with Gasteiger partial charge in [-0.2, -0.15) is 8.78 Å². The molecule has 0 radical (unpaired) electrons. The molecule has 4 rings (SSSR count). The maximum atomic E-state index is 14.8. The van der Waals surface area contributed by atoms with E-state index < -0.39 is 63.5 Å². The summed E-state index contributed by atoms with van der Waals surface area (Å²) in [5.74, 6) is -8.38. The fourth-order valence-electron chi connectivity index (χ4n) is 3.83. The largest absolute Gasteiger partial charge is 0.432 e. The second kappa shape index (κ2) is 11.7. The van der Waals surface area contributed by atoms with Crippen LogP contribution in [-0.2, 0) is 10.8 Å². The van der Waals surface area contributed by atoms with Crippen LogP contribution in [0.15, 0.2) is 42.5 Å². The van der Waals surface area contributed by atoms with Gasteiger partial charge in [-0.1, -0.05) is 0 Å². The molecule has 38 heavy (non-hydrogen) atoms. The Kier molecular flexibility index (Phi) is 8.83. The molecule has 0 atom stereocenters. The molecule has 0 aromatic heterocycles. The van der Waals surface area contributed by atoms with E-state index in [0.717, 1.165) is 24.3 Å². The zero-order valence-corrected chi connectivity index (χ0v) is 21.3. The number of hydrogen-bond acceptors (Lipinski definition) is 4. The van der Waals surface area contributed by atoms with E-state index >= 15 is 0 Å². The number of alkyl halides is 2. The summed E-state index contributed by atoms with van der Waals surface area (Å²) in [7, 11) is 0. The summed E-state index contributed by atoms with van der Waals surface area (Å²) in [6.45, 7) is 3.02. The summed E-state index contributed by atoms with van der Waals surface area (Å²) in [4.78, 5) is 0. The molecule has 1 saturated heterocycles. The first-order valence-electron chi connectivity index (χ1n) is 11.3. The first kappa shape index (κ1) is 28.6. The Bertz CT molecular complexity index is 1270. The van der Waals surface area contributed by atoms with E-state index in [-0.39, 0.29) is 16.1 Å². The van der Waals surface area contributed by atoms with E-state index in [0.29, 0.717) is 42.9 Å². The highest BCUT2D eigenvalue weighted by molar-refractivity contribution is 8.16. The minimum Gasteiger partial charge on any atom is -0.429 e. The summed E-state index contributed by atoms with van der Waals surface area (Å²) in [6, 6.07) is 4.85. The van der Waals surface area contributed by atoms with Gasteiger partial charge in [0, 0.05) is 35.7 Å². The smallest absolute Gasteiger partial charge is 0.429 e. The molecule has 0 amide bonds. The lowest BCUT2D eigenvalue weighted by molar-refractivity contribution is -0.189. The third kappa shape index (κ3) is 6.23. The van der Waals surface area contributed by atoms with Gasteiger partial charge in [-0.25, -0.2) is 26.3 Å². The molecule has 1 fully saturated rings. The van der Waals surface area contributed by atoms with Crippen molar-refractivity contribution in [1.29, 1.82) is 0 Å². The lowest BCUT2D eigenvalue weighted by atomic mass is 10.0. The van der Waals surface area contributed by atoms with Crippen molar-refractivity contribution in [2.75, 3.05) is 24.7 Å². The van der Waals surface area contributed by atoms with Crippen LogP contribution in [0, 0.1) is 40.8 Å². The van der Waals surface area contributed by atoms with Crippen LogP contribution in [0.1, 0.15) is 22.6 Å². The van der Waals surface area contributed by atoms with Crippen LogP contribution in [0.5, 0.6) is 5.75 Å². The first-order valence-corrected chi connectivity index (χ1v) is 13.4. The second-order valence-corrected chi connectivity index (χ2v) is 11.0. The molecule has 1 heterocycles. The van der Waals surface area contributed by atoms with Crippen molar-refractivity contribution in [3.8, 4) is 16.9 Å². The summed E-state index contributed by atoms with van der Waals surface area (Å²) >= 11 is 2.87. The molecule has 0 unspecified atom stereocenters. The van der Waals surface area contributed by atoms with E-state index in [4.69, 9.17) is 4.74 Å². The molecule has 12 heteroatoms. The number of benzene rings is 3. The van der Waals surface area contributed by atoms with Crippen LogP contribution >= 0.6 is 23.5 Å². The van der Waals surface area contributed by atoms with Crippen molar-refractivity contribution < 1.29 is 44.6 Å². The number of thioether (sulfide) groups is 2. The number of hydrogen-bond donors (Lipinski definition) is 0. The van der Waals surface area contributed by atoms with Gasteiger partial charge in [-0.05, 0) is 54.4 Å². The zero-order valence-electron chi connectivity index (χ0n) is 19.7. The SMILES string of the molecule is CCOCC1CSC(c2cc(F)c(C(F)(F)Oc3ccc(-c4cc(F)c(F)c(F)c4)c(F)c3)c(F)c2)SC1. The van der Waals surface area contributed by atoms with Crippen molar-refractivity contribution in [2.24, 2.45) is 5.92 Å². The third-order valence-electron chi connectivity index (χ3n) is 5.63. The fraction of sp³-hybridized carbons (Fsp3) is 0.308. The lowest BCUT2D eigenvalue weighted by Crippen LogP contribution is -2.25. The maximum absolute atomic E-state index is 14.8. The predicted octanol–water partition coefficient (Wildman–Crippen LogP) is 8.45. The minimum atomic E-state index is -4.52. The van der Waals surface area contributed by atoms with Gasteiger partial charge in [-0.3, -0.25) is 0 Å². The molecule has 0 spiro atoms. The van der Waals surface area contributed by atoms with E-state index in [1.54, 1.807) is 0 Å². The van der Waals surface area contributed by atoms with Crippen molar-refractivity contribution in [3.63, 3.8) is 0 Å². The highest BCUT2D eigenvalue weighted by Crippen LogP contribution is 2.47. The van der Waals surface area contributed by atoms with E-state index in [1.165, 1.54) is 23.5 Å². The van der Waals surface area contributed by atoms with Crippen molar-refractivity contribution in [3.05, 3.63) is 88.5 Å². The van der Waals surface area contributed by atoms with Gasteiger partial charge in [0.1, 0.15) is 28.8 Å². The van der Waals surface area contributed by atoms with Crippen LogP contribution in [0.2, 0.25) is 0 Å². The number of ether oxygens (including phenoxy) is 2. The van der Waals surface area contributed by atoms with Crippen LogP contribution < -0.4 is 4.74 Å². The molecule has 0 aliphatic carbocycles. The van der Waals surface area contributed by atoms with Gasteiger partial charge in [0.2, 0.25) is 0 Å². The highest BCUT2D eigenvalue weighted by atomic mass is 32.2. The summed E-state index contributed by atoms with van der Waals surface area (Å²) in [6.07, 6.45) is -4.52. The highest BCUT2D eigenvalue weighted by Gasteiger charge is 2.42. The Morgan fingerprint density at radius 2 is 1.42 bits per heavy atom. The summed E-state index contributed by atoms with van der Waals surface area (Å²) in [5, 5.41) is 0. The quantitative estimate of drug-likeness (QED) is 0.197. The molecular formula is C26H20F8O2S2. The summed E-state index contributed by atoms with van der Waals surface area (Å²) in [5.41, 5.74) is -2.29. The average Bonchev–Trinajstić information content (AvgIpc) is 2.85. The third-order valence-corrected chi connectivity index (χ3v) is 8.93. The van der Waals surface area contributed by atoms with Crippen LogP contribution in [0.3, 0.4) is 0 Å². The van der Waals surface area contributed by atoms with Gasteiger partial charge >= 0.3 is 6.11 Å². The number of halogens is 8. The Balaban J connectivity index is 1.52. The molecule has 1 aliphatic heterocycles. The molecule has 204 valence electrons. The van der Waals surface area contributed by atoms with Crippen LogP contribution in [-0.4, -0.2) is 24.7 Å². The lowest BCUT2D eigenvalue weighted by Gasteiger charge is -2.28. The van der Waals surface area contributed by atoms with Crippen LogP contribution in [0.25, 0.3) is 11.1 Å².